The van der Waals surface area contributed by atoms with Crippen LogP contribution >= 0.6 is 39.1 Å². The van der Waals surface area contributed by atoms with Crippen molar-refractivity contribution in [3.05, 3.63) is 39.0 Å². The van der Waals surface area contributed by atoms with Gasteiger partial charge in [-0.05, 0) is 34.1 Å². The zero-order valence-corrected chi connectivity index (χ0v) is 12.4. The molecule has 1 aromatic heterocycles. The third kappa shape index (κ3) is 2.85. The van der Waals surface area contributed by atoms with Gasteiger partial charge in [-0.1, -0.05) is 23.2 Å². The van der Waals surface area contributed by atoms with Crippen LogP contribution in [0, 0.1) is 0 Å². The predicted molar refractivity (Wildman–Crippen MR) is 79.0 cm³/mol. The molecule has 1 heterocycles. The fourth-order valence-corrected chi connectivity index (χ4v) is 2.31. The molecule has 0 unspecified atom stereocenters. The van der Waals surface area contributed by atoms with E-state index in [0.717, 1.165) is 10.2 Å². The van der Waals surface area contributed by atoms with Gasteiger partial charge in [0, 0.05) is 12.1 Å². The second kappa shape index (κ2) is 5.73. The molecule has 0 bridgehead atoms. The van der Waals surface area contributed by atoms with Crippen molar-refractivity contribution < 1.29 is 0 Å². The number of anilines is 3. The smallest absolute Gasteiger partial charge is 0.150 e. The van der Waals surface area contributed by atoms with E-state index in [-0.39, 0.29) is 0 Å². The summed E-state index contributed by atoms with van der Waals surface area (Å²) < 4.78 is 0.735. The van der Waals surface area contributed by atoms with E-state index in [1.54, 1.807) is 25.2 Å². The third-order valence-electron chi connectivity index (χ3n) is 2.21. The summed E-state index contributed by atoms with van der Waals surface area (Å²) >= 11 is 15.3. The predicted octanol–water partition coefficient (Wildman–Crippen LogP) is 4.33. The van der Waals surface area contributed by atoms with Crippen molar-refractivity contribution in [1.29, 1.82) is 0 Å². The number of hydrogen-bond acceptors (Lipinski definition) is 4. The highest BCUT2D eigenvalue weighted by Crippen LogP contribution is 2.32. The van der Waals surface area contributed by atoms with Crippen molar-refractivity contribution in [2.75, 3.05) is 17.7 Å². The maximum atomic E-state index is 6.08. The standard InChI is InChI=1S/C11H9BrCl2N4/c1-15-10-9(12)11(17-5-16-10)18-8-3-2-6(13)4-7(8)14/h2-5H,1H3,(H2,15,16,17,18). The van der Waals surface area contributed by atoms with Gasteiger partial charge in [0.15, 0.2) is 0 Å². The van der Waals surface area contributed by atoms with Crippen LogP contribution in [0.15, 0.2) is 29.0 Å². The average molecular weight is 348 g/mol. The van der Waals surface area contributed by atoms with E-state index in [1.807, 2.05) is 0 Å². The van der Waals surface area contributed by atoms with Gasteiger partial charge in [-0.15, -0.1) is 0 Å². The fourth-order valence-electron chi connectivity index (χ4n) is 1.35. The molecule has 0 radical (unpaired) electrons. The monoisotopic (exact) mass is 346 g/mol. The van der Waals surface area contributed by atoms with Gasteiger partial charge in [0.05, 0.1) is 10.7 Å². The maximum Gasteiger partial charge on any atom is 0.150 e. The molecule has 0 amide bonds. The van der Waals surface area contributed by atoms with E-state index in [9.17, 15) is 0 Å². The van der Waals surface area contributed by atoms with Crippen LogP contribution in [0.25, 0.3) is 0 Å². The van der Waals surface area contributed by atoms with E-state index in [4.69, 9.17) is 23.2 Å². The van der Waals surface area contributed by atoms with Crippen molar-refractivity contribution >= 4 is 56.5 Å². The lowest BCUT2D eigenvalue weighted by Gasteiger charge is -2.11. The molecule has 2 rings (SSSR count). The quantitative estimate of drug-likeness (QED) is 0.867. The van der Waals surface area contributed by atoms with Crippen LogP contribution < -0.4 is 10.6 Å². The molecule has 0 aliphatic heterocycles. The number of aromatic nitrogens is 2. The Labute approximate surface area is 123 Å². The first-order valence-corrected chi connectivity index (χ1v) is 6.57. The molecule has 0 spiro atoms. The molecule has 94 valence electrons. The molecule has 0 saturated heterocycles. The van der Waals surface area contributed by atoms with Crippen LogP contribution in [0.5, 0.6) is 0 Å². The van der Waals surface area contributed by atoms with Crippen LogP contribution in [0.2, 0.25) is 10.0 Å². The minimum Gasteiger partial charge on any atom is -0.372 e. The number of halogens is 3. The van der Waals surface area contributed by atoms with Crippen LogP contribution in [-0.4, -0.2) is 17.0 Å². The van der Waals surface area contributed by atoms with Gasteiger partial charge >= 0.3 is 0 Å². The van der Waals surface area contributed by atoms with Gasteiger partial charge in [-0.2, -0.15) is 0 Å². The summed E-state index contributed by atoms with van der Waals surface area (Å²) in [6, 6.07) is 5.21. The highest BCUT2D eigenvalue weighted by atomic mass is 79.9. The summed E-state index contributed by atoms with van der Waals surface area (Å²) in [5.41, 5.74) is 0.725. The molecule has 7 heteroatoms. The Morgan fingerprint density at radius 1 is 1.17 bits per heavy atom. The Hall–Kier alpha value is -1.04. The van der Waals surface area contributed by atoms with E-state index < -0.39 is 0 Å². The lowest BCUT2D eigenvalue weighted by Crippen LogP contribution is -2.00. The molecule has 0 aliphatic carbocycles. The number of nitrogens with one attached hydrogen (secondary N) is 2. The largest absolute Gasteiger partial charge is 0.372 e. The van der Waals surface area contributed by atoms with Crippen molar-refractivity contribution in [2.45, 2.75) is 0 Å². The molecule has 1 aromatic carbocycles. The van der Waals surface area contributed by atoms with Crippen LogP contribution in [0.4, 0.5) is 17.3 Å². The summed E-state index contributed by atoms with van der Waals surface area (Å²) in [4.78, 5) is 8.22. The first-order valence-electron chi connectivity index (χ1n) is 5.02. The maximum absolute atomic E-state index is 6.08. The summed E-state index contributed by atoms with van der Waals surface area (Å²) in [7, 11) is 1.78. The Bertz CT molecular complexity index is 577. The van der Waals surface area contributed by atoms with Crippen LogP contribution in [0.3, 0.4) is 0 Å². The summed E-state index contributed by atoms with van der Waals surface area (Å²) in [6.07, 6.45) is 1.46. The minimum absolute atomic E-state index is 0.527. The van der Waals surface area contributed by atoms with Gasteiger partial charge < -0.3 is 10.6 Å². The zero-order chi connectivity index (χ0) is 13.1. The highest BCUT2D eigenvalue weighted by molar-refractivity contribution is 9.10. The molecule has 0 fully saturated rings. The van der Waals surface area contributed by atoms with Crippen LogP contribution in [-0.2, 0) is 0 Å². The van der Waals surface area contributed by atoms with Gasteiger partial charge in [0.25, 0.3) is 0 Å². The van der Waals surface area contributed by atoms with E-state index in [1.165, 1.54) is 6.33 Å². The molecule has 0 atom stereocenters. The van der Waals surface area contributed by atoms with Crippen LogP contribution in [0.1, 0.15) is 0 Å². The number of rotatable bonds is 3. The van der Waals surface area contributed by atoms with Crippen molar-refractivity contribution in [3.63, 3.8) is 0 Å². The van der Waals surface area contributed by atoms with Gasteiger partial charge in [0.2, 0.25) is 0 Å². The third-order valence-corrected chi connectivity index (χ3v) is 3.51. The summed E-state index contributed by atoms with van der Waals surface area (Å²) in [5.74, 6) is 1.32. The number of hydrogen-bond donors (Lipinski definition) is 2. The van der Waals surface area contributed by atoms with Crippen molar-refractivity contribution in [3.8, 4) is 0 Å². The summed E-state index contributed by atoms with van der Waals surface area (Å²) in [5, 5.41) is 7.18. The topological polar surface area (TPSA) is 49.8 Å². The Kier molecular flexibility index (Phi) is 4.27. The highest BCUT2D eigenvalue weighted by Gasteiger charge is 2.09. The Morgan fingerprint density at radius 3 is 2.56 bits per heavy atom. The van der Waals surface area contributed by atoms with E-state index >= 15 is 0 Å². The molecule has 0 aliphatic rings. The first-order chi connectivity index (χ1) is 8.61. The van der Waals surface area contributed by atoms with E-state index in [2.05, 4.69) is 36.5 Å². The molecular weight excluding hydrogens is 339 g/mol. The molecule has 2 aromatic rings. The van der Waals surface area contributed by atoms with Gasteiger partial charge in [-0.3, -0.25) is 0 Å². The van der Waals surface area contributed by atoms with Gasteiger partial charge in [0.1, 0.15) is 22.4 Å². The lowest BCUT2D eigenvalue weighted by atomic mass is 10.3. The summed E-state index contributed by atoms with van der Waals surface area (Å²) in [6.45, 7) is 0. The molecule has 2 N–H and O–H groups in total. The molecule has 0 saturated carbocycles. The second-order valence-corrected chi connectivity index (χ2v) is 5.02. The first kappa shape index (κ1) is 13.4. The molecule has 4 nitrogen and oxygen atoms in total. The van der Waals surface area contributed by atoms with Crippen molar-refractivity contribution in [2.24, 2.45) is 0 Å². The van der Waals surface area contributed by atoms with Crippen molar-refractivity contribution in [1.82, 2.24) is 9.97 Å². The number of benzene rings is 1. The zero-order valence-electron chi connectivity index (χ0n) is 9.34. The normalized spacial score (nSPS) is 10.2. The minimum atomic E-state index is 0.527. The Balaban J connectivity index is 2.34. The SMILES string of the molecule is CNc1ncnc(Nc2ccc(Cl)cc2Cl)c1Br. The van der Waals surface area contributed by atoms with Gasteiger partial charge in [-0.25, -0.2) is 9.97 Å². The molecular formula is C11H9BrCl2N4. The lowest BCUT2D eigenvalue weighted by molar-refractivity contribution is 1.14. The second-order valence-electron chi connectivity index (χ2n) is 3.38. The Morgan fingerprint density at radius 2 is 1.89 bits per heavy atom. The van der Waals surface area contributed by atoms with E-state index in [0.29, 0.717) is 21.7 Å². The fraction of sp³-hybridized carbons (Fsp3) is 0.0909. The average Bonchev–Trinajstić information content (AvgIpc) is 2.35. The number of nitrogens with zero attached hydrogens (tertiary/aromatic N) is 2. The molecule has 18 heavy (non-hydrogen) atoms.